The molecule has 2 rings (SSSR count). The summed E-state index contributed by atoms with van der Waals surface area (Å²) < 4.78 is 1.00. The zero-order valence-corrected chi connectivity index (χ0v) is 8.94. The van der Waals surface area contributed by atoms with Gasteiger partial charge in [0.05, 0.1) is 5.39 Å². The second-order valence-electron chi connectivity index (χ2n) is 3.42. The van der Waals surface area contributed by atoms with E-state index in [1.165, 1.54) is 0 Å². The first-order valence-corrected chi connectivity index (χ1v) is 5.26. The lowest BCUT2D eigenvalue weighted by Crippen LogP contribution is -2.06. The van der Waals surface area contributed by atoms with Crippen LogP contribution < -0.4 is 11.2 Å². The first kappa shape index (κ1) is 9.21. The second kappa shape index (κ2) is 3.10. The number of fused-ring (bicyclic) bond motifs is 1. The van der Waals surface area contributed by atoms with Gasteiger partial charge in [0.1, 0.15) is 0 Å². The summed E-state index contributed by atoms with van der Waals surface area (Å²) in [6.45, 7) is 3.81. The SMILES string of the molecule is Cc1csc2c(C)ccc(N)c2c1=O. The summed E-state index contributed by atoms with van der Waals surface area (Å²) in [5, 5.41) is 2.56. The molecule has 0 spiro atoms. The molecule has 0 atom stereocenters. The Morgan fingerprint density at radius 1 is 1.21 bits per heavy atom. The van der Waals surface area contributed by atoms with Crippen molar-refractivity contribution >= 4 is 27.1 Å². The van der Waals surface area contributed by atoms with Gasteiger partial charge in [-0.25, -0.2) is 0 Å². The summed E-state index contributed by atoms with van der Waals surface area (Å²) in [5.74, 6) is 0. The van der Waals surface area contributed by atoms with E-state index < -0.39 is 0 Å². The highest BCUT2D eigenvalue weighted by atomic mass is 32.1. The van der Waals surface area contributed by atoms with Crippen LogP contribution in [0.15, 0.2) is 22.3 Å². The molecular weight excluding hydrogens is 194 g/mol. The van der Waals surface area contributed by atoms with Crippen LogP contribution in [0.3, 0.4) is 0 Å². The number of aryl methyl sites for hydroxylation is 2. The topological polar surface area (TPSA) is 43.1 Å². The van der Waals surface area contributed by atoms with E-state index in [4.69, 9.17) is 5.73 Å². The molecule has 0 fully saturated rings. The van der Waals surface area contributed by atoms with E-state index in [1.54, 1.807) is 17.4 Å². The molecule has 0 radical (unpaired) electrons. The third kappa shape index (κ3) is 1.21. The van der Waals surface area contributed by atoms with Gasteiger partial charge in [0.2, 0.25) is 0 Å². The van der Waals surface area contributed by atoms with Gasteiger partial charge in [-0.05, 0) is 30.9 Å². The number of anilines is 1. The smallest absolute Gasteiger partial charge is 0.193 e. The summed E-state index contributed by atoms with van der Waals surface area (Å²) in [5.41, 5.74) is 8.31. The molecule has 0 saturated heterocycles. The molecular formula is C11H11NOS. The zero-order valence-electron chi connectivity index (χ0n) is 8.13. The standard InChI is InChI=1S/C11H11NOS/c1-6-3-4-8(12)9-10(13)7(2)5-14-11(6)9/h3-5H,12H2,1-2H3. The van der Waals surface area contributed by atoms with Crippen molar-refractivity contribution in [2.75, 3.05) is 5.73 Å². The van der Waals surface area contributed by atoms with Crippen LogP contribution in [0, 0.1) is 13.8 Å². The van der Waals surface area contributed by atoms with Gasteiger partial charge in [-0.1, -0.05) is 6.07 Å². The predicted octanol–water partition coefficient (Wildman–Crippen LogP) is 2.46. The lowest BCUT2D eigenvalue weighted by Gasteiger charge is -2.04. The molecule has 0 aliphatic rings. The molecule has 0 bridgehead atoms. The fourth-order valence-electron chi connectivity index (χ4n) is 1.49. The Kier molecular flexibility index (Phi) is 2.04. The maximum Gasteiger partial charge on any atom is 0.193 e. The van der Waals surface area contributed by atoms with E-state index in [0.29, 0.717) is 11.1 Å². The monoisotopic (exact) mass is 205 g/mol. The minimum Gasteiger partial charge on any atom is -0.398 e. The van der Waals surface area contributed by atoms with Crippen LogP contribution in [0.25, 0.3) is 10.1 Å². The van der Waals surface area contributed by atoms with Crippen molar-refractivity contribution in [2.45, 2.75) is 13.8 Å². The van der Waals surface area contributed by atoms with E-state index in [2.05, 4.69) is 0 Å². The van der Waals surface area contributed by atoms with E-state index >= 15 is 0 Å². The molecule has 0 amide bonds. The van der Waals surface area contributed by atoms with Gasteiger partial charge in [-0.3, -0.25) is 4.79 Å². The van der Waals surface area contributed by atoms with Crippen LogP contribution in [0.4, 0.5) is 5.69 Å². The largest absolute Gasteiger partial charge is 0.398 e. The number of hydrogen-bond acceptors (Lipinski definition) is 3. The number of benzene rings is 1. The van der Waals surface area contributed by atoms with Gasteiger partial charge < -0.3 is 5.73 Å². The Bertz CT molecular complexity index is 557. The average Bonchev–Trinajstić information content (AvgIpc) is 2.16. The fraction of sp³-hybridized carbons (Fsp3) is 0.182. The van der Waals surface area contributed by atoms with Gasteiger partial charge in [-0.2, -0.15) is 0 Å². The quantitative estimate of drug-likeness (QED) is 0.671. The van der Waals surface area contributed by atoms with Crippen LogP contribution in [-0.2, 0) is 0 Å². The Morgan fingerprint density at radius 2 is 1.93 bits per heavy atom. The highest BCUT2D eigenvalue weighted by molar-refractivity contribution is 7.17. The van der Waals surface area contributed by atoms with E-state index in [1.807, 2.05) is 25.3 Å². The van der Waals surface area contributed by atoms with Gasteiger partial charge in [0, 0.05) is 16.0 Å². The Hall–Kier alpha value is -1.35. The maximum absolute atomic E-state index is 11.8. The third-order valence-corrected chi connectivity index (χ3v) is 3.56. The van der Waals surface area contributed by atoms with Crippen molar-refractivity contribution in [1.29, 1.82) is 0 Å². The summed E-state index contributed by atoms with van der Waals surface area (Å²) in [6.07, 6.45) is 0. The van der Waals surface area contributed by atoms with E-state index in [-0.39, 0.29) is 5.43 Å². The number of nitrogens with two attached hydrogens (primary N) is 1. The van der Waals surface area contributed by atoms with Crippen LogP contribution in [0.2, 0.25) is 0 Å². The van der Waals surface area contributed by atoms with Crippen LogP contribution in [-0.4, -0.2) is 0 Å². The lowest BCUT2D eigenvalue weighted by molar-refractivity contribution is 1.46. The molecule has 2 N–H and O–H groups in total. The Morgan fingerprint density at radius 3 is 2.64 bits per heavy atom. The zero-order chi connectivity index (χ0) is 10.3. The minimum atomic E-state index is 0.0555. The Balaban J connectivity index is 3.09. The summed E-state index contributed by atoms with van der Waals surface area (Å²) in [7, 11) is 0. The maximum atomic E-state index is 11.8. The molecule has 1 aromatic heterocycles. The van der Waals surface area contributed by atoms with Crippen LogP contribution in [0.5, 0.6) is 0 Å². The molecule has 1 aromatic carbocycles. The van der Waals surface area contributed by atoms with Crippen molar-refractivity contribution in [3.05, 3.63) is 38.9 Å². The second-order valence-corrected chi connectivity index (χ2v) is 4.30. The molecule has 0 aliphatic heterocycles. The van der Waals surface area contributed by atoms with Gasteiger partial charge >= 0.3 is 0 Å². The minimum absolute atomic E-state index is 0.0555. The molecule has 1 heterocycles. The molecule has 3 heteroatoms. The van der Waals surface area contributed by atoms with Crippen LogP contribution in [0.1, 0.15) is 11.1 Å². The van der Waals surface area contributed by atoms with E-state index in [0.717, 1.165) is 15.8 Å². The van der Waals surface area contributed by atoms with Crippen molar-refractivity contribution in [3.8, 4) is 0 Å². The first-order chi connectivity index (χ1) is 6.61. The van der Waals surface area contributed by atoms with Crippen LogP contribution >= 0.6 is 11.3 Å². The number of rotatable bonds is 0. The molecule has 0 saturated carbocycles. The molecule has 0 unspecified atom stereocenters. The molecule has 2 nitrogen and oxygen atoms in total. The molecule has 0 aliphatic carbocycles. The van der Waals surface area contributed by atoms with E-state index in [9.17, 15) is 4.79 Å². The summed E-state index contributed by atoms with van der Waals surface area (Å²) in [6, 6.07) is 3.74. The molecule has 14 heavy (non-hydrogen) atoms. The molecule has 2 aromatic rings. The average molecular weight is 205 g/mol. The number of hydrogen-bond donors (Lipinski definition) is 1. The van der Waals surface area contributed by atoms with Gasteiger partial charge in [0.25, 0.3) is 0 Å². The summed E-state index contributed by atoms with van der Waals surface area (Å²) >= 11 is 1.58. The first-order valence-electron chi connectivity index (χ1n) is 4.38. The van der Waals surface area contributed by atoms with Crippen molar-refractivity contribution in [2.24, 2.45) is 0 Å². The summed E-state index contributed by atoms with van der Waals surface area (Å²) in [4.78, 5) is 11.8. The third-order valence-electron chi connectivity index (χ3n) is 2.33. The predicted molar refractivity (Wildman–Crippen MR) is 62.0 cm³/mol. The van der Waals surface area contributed by atoms with Gasteiger partial charge in [0.15, 0.2) is 5.43 Å². The fourth-order valence-corrected chi connectivity index (χ4v) is 2.47. The van der Waals surface area contributed by atoms with Gasteiger partial charge in [-0.15, -0.1) is 11.3 Å². The van der Waals surface area contributed by atoms with Crippen molar-refractivity contribution in [3.63, 3.8) is 0 Å². The number of nitrogen functional groups attached to an aromatic ring is 1. The lowest BCUT2D eigenvalue weighted by atomic mass is 10.1. The molecule has 72 valence electrons. The highest BCUT2D eigenvalue weighted by Crippen LogP contribution is 2.25. The highest BCUT2D eigenvalue weighted by Gasteiger charge is 2.07. The van der Waals surface area contributed by atoms with Crippen molar-refractivity contribution < 1.29 is 0 Å². The normalized spacial score (nSPS) is 10.7. The van der Waals surface area contributed by atoms with Crippen molar-refractivity contribution in [1.82, 2.24) is 0 Å². The Labute approximate surface area is 86.0 Å².